The van der Waals surface area contributed by atoms with E-state index in [9.17, 15) is 9.90 Å². The van der Waals surface area contributed by atoms with Gasteiger partial charge in [0.05, 0.1) is 5.69 Å². The summed E-state index contributed by atoms with van der Waals surface area (Å²) in [5, 5.41) is 16.1. The first-order valence-corrected chi connectivity index (χ1v) is 7.68. The molecular formula is C18H20N2O2. The summed E-state index contributed by atoms with van der Waals surface area (Å²) in [6.45, 7) is 2.98. The average Bonchev–Trinajstić information content (AvgIpc) is 2.56. The zero-order valence-electron chi connectivity index (χ0n) is 12.6. The molecule has 1 aliphatic heterocycles. The first-order valence-electron chi connectivity index (χ1n) is 7.68. The summed E-state index contributed by atoms with van der Waals surface area (Å²) in [6, 6.07) is 11.0. The molecule has 0 radical (unpaired) electrons. The highest BCUT2D eigenvalue weighted by Gasteiger charge is 2.18. The van der Waals surface area contributed by atoms with Gasteiger partial charge in [-0.25, -0.2) is 0 Å². The number of fused-ring (bicyclic) bond motifs is 1. The maximum atomic E-state index is 12.6. The summed E-state index contributed by atoms with van der Waals surface area (Å²) in [5.74, 6) is -0.0856. The van der Waals surface area contributed by atoms with Crippen LogP contribution in [-0.4, -0.2) is 17.6 Å². The van der Waals surface area contributed by atoms with Gasteiger partial charge in [-0.15, -0.1) is 0 Å². The number of aryl methyl sites for hydroxylation is 1. The number of rotatable bonds is 3. The van der Waals surface area contributed by atoms with Crippen LogP contribution in [0, 0.1) is 0 Å². The maximum absolute atomic E-state index is 12.6. The molecule has 1 heterocycles. The van der Waals surface area contributed by atoms with Crippen molar-refractivity contribution >= 4 is 17.3 Å². The lowest BCUT2D eigenvalue weighted by Crippen LogP contribution is -2.19. The highest BCUT2D eigenvalue weighted by atomic mass is 16.3. The van der Waals surface area contributed by atoms with Gasteiger partial charge < -0.3 is 15.7 Å². The van der Waals surface area contributed by atoms with Gasteiger partial charge in [-0.3, -0.25) is 4.79 Å². The van der Waals surface area contributed by atoms with Gasteiger partial charge in [0.2, 0.25) is 0 Å². The van der Waals surface area contributed by atoms with E-state index in [0.29, 0.717) is 11.3 Å². The Hall–Kier alpha value is -2.49. The van der Waals surface area contributed by atoms with Gasteiger partial charge >= 0.3 is 0 Å². The molecule has 0 bridgehead atoms. The Kier molecular flexibility index (Phi) is 4.00. The number of carbonyl (C=O) groups is 1. The van der Waals surface area contributed by atoms with Crippen LogP contribution >= 0.6 is 0 Å². The van der Waals surface area contributed by atoms with Crippen LogP contribution in [0.4, 0.5) is 11.4 Å². The third-order valence-corrected chi connectivity index (χ3v) is 4.06. The van der Waals surface area contributed by atoms with Crippen LogP contribution in [0.15, 0.2) is 36.4 Å². The molecule has 0 aliphatic carbocycles. The van der Waals surface area contributed by atoms with Crippen LogP contribution in [0.2, 0.25) is 0 Å². The molecule has 4 nitrogen and oxygen atoms in total. The second-order valence-electron chi connectivity index (χ2n) is 5.52. The minimum atomic E-state index is -0.177. The number of amides is 1. The van der Waals surface area contributed by atoms with E-state index in [4.69, 9.17) is 0 Å². The molecule has 0 fully saturated rings. The van der Waals surface area contributed by atoms with E-state index in [1.54, 1.807) is 6.07 Å². The molecular weight excluding hydrogens is 276 g/mol. The Bertz CT molecular complexity index is 710. The number of aromatic hydroxyl groups is 1. The summed E-state index contributed by atoms with van der Waals surface area (Å²) in [4.78, 5) is 12.6. The number of benzene rings is 2. The maximum Gasteiger partial charge on any atom is 0.256 e. The third-order valence-electron chi connectivity index (χ3n) is 4.06. The van der Waals surface area contributed by atoms with Gasteiger partial charge in [-0.05, 0) is 54.7 Å². The Balaban J connectivity index is 1.89. The fourth-order valence-corrected chi connectivity index (χ4v) is 2.82. The van der Waals surface area contributed by atoms with Crippen molar-refractivity contribution in [3.8, 4) is 5.75 Å². The molecule has 0 spiro atoms. The van der Waals surface area contributed by atoms with Crippen LogP contribution in [-0.2, 0) is 12.8 Å². The highest BCUT2D eigenvalue weighted by molar-refractivity contribution is 6.07. The van der Waals surface area contributed by atoms with E-state index in [2.05, 4.69) is 10.6 Å². The van der Waals surface area contributed by atoms with Crippen molar-refractivity contribution in [1.29, 1.82) is 0 Å². The van der Waals surface area contributed by atoms with Crippen molar-refractivity contribution in [1.82, 2.24) is 0 Å². The first kappa shape index (κ1) is 14.4. The predicted molar refractivity (Wildman–Crippen MR) is 88.7 cm³/mol. The van der Waals surface area contributed by atoms with E-state index in [0.717, 1.165) is 42.6 Å². The zero-order chi connectivity index (χ0) is 15.5. The van der Waals surface area contributed by atoms with E-state index in [1.165, 1.54) is 0 Å². The number of hydrogen-bond acceptors (Lipinski definition) is 3. The molecule has 1 aliphatic rings. The van der Waals surface area contributed by atoms with Crippen LogP contribution in [0.1, 0.15) is 34.8 Å². The second-order valence-corrected chi connectivity index (χ2v) is 5.52. The number of hydrogen-bond donors (Lipinski definition) is 3. The van der Waals surface area contributed by atoms with Crippen LogP contribution in [0.5, 0.6) is 5.75 Å². The zero-order valence-corrected chi connectivity index (χ0v) is 12.6. The first-order chi connectivity index (χ1) is 10.7. The molecule has 2 aromatic carbocycles. The monoisotopic (exact) mass is 296 g/mol. The molecule has 0 aromatic heterocycles. The number of anilines is 2. The van der Waals surface area contributed by atoms with Gasteiger partial charge in [0, 0.05) is 17.8 Å². The van der Waals surface area contributed by atoms with E-state index in [-0.39, 0.29) is 11.7 Å². The number of phenols is 1. The van der Waals surface area contributed by atoms with Crippen LogP contribution in [0.25, 0.3) is 0 Å². The molecule has 1 amide bonds. The molecule has 0 atom stereocenters. The summed E-state index contributed by atoms with van der Waals surface area (Å²) in [6.07, 6.45) is 2.77. The lowest BCUT2D eigenvalue weighted by Gasteiger charge is -2.20. The van der Waals surface area contributed by atoms with E-state index in [1.807, 2.05) is 37.3 Å². The van der Waals surface area contributed by atoms with E-state index >= 15 is 0 Å². The molecule has 4 heteroatoms. The molecule has 3 rings (SSSR count). The molecule has 0 saturated carbocycles. The standard InChI is InChI=1S/C18H20N2O2/c1-2-12-8-9-17(21)16(11-12)20-18(22)14-5-3-7-15-13(14)6-4-10-19-15/h3,5,7-9,11,19,21H,2,4,6,10H2,1H3,(H,20,22). The van der Waals surface area contributed by atoms with Gasteiger partial charge in [-0.2, -0.15) is 0 Å². The van der Waals surface area contributed by atoms with Crippen LogP contribution in [0.3, 0.4) is 0 Å². The topological polar surface area (TPSA) is 61.4 Å². The summed E-state index contributed by atoms with van der Waals surface area (Å²) < 4.78 is 0. The van der Waals surface area contributed by atoms with E-state index < -0.39 is 0 Å². The summed E-state index contributed by atoms with van der Waals surface area (Å²) in [7, 11) is 0. The molecule has 0 saturated heterocycles. The van der Waals surface area contributed by atoms with Gasteiger partial charge in [0.25, 0.3) is 5.91 Å². The van der Waals surface area contributed by atoms with Gasteiger partial charge in [0.15, 0.2) is 0 Å². The fourth-order valence-electron chi connectivity index (χ4n) is 2.82. The highest BCUT2D eigenvalue weighted by Crippen LogP contribution is 2.28. The smallest absolute Gasteiger partial charge is 0.256 e. The van der Waals surface area contributed by atoms with Gasteiger partial charge in [-0.1, -0.05) is 19.1 Å². The Morgan fingerprint density at radius 3 is 3.00 bits per heavy atom. The second kappa shape index (κ2) is 6.10. The Labute approximate surface area is 130 Å². The molecule has 2 aromatic rings. The summed E-state index contributed by atoms with van der Waals surface area (Å²) >= 11 is 0. The van der Waals surface area contributed by atoms with Crippen molar-refractivity contribution in [3.63, 3.8) is 0 Å². The quantitative estimate of drug-likeness (QED) is 0.759. The lowest BCUT2D eigenvalue weighted by molar-refractivity contribution is 0.102. The molecule has 22 heavy (non-hydrogen) atoms. The third kappa shape index (κ3) is 2.77. The Morgan fingerprint density at radius 2 is 2.18 bits per heavy atom. The minimum absolute atomic E-state index is 0.0912. The minimum Gasteiger partial charge on any atom is -0.506 e. The van der Waals surface area contributed by atoms with Gasteiger partial charge in [0.1, 0.15) is 5.75 Å². The van der Waals surface area contributed by atoms with Crippen molar-refractivity contribution in [2.45, 2.75) is 26.2 Å². The van der Waals surface area contributed by atoms with Crippen molar-refractivity contribution in [2.75, 3.05) is 17.2 Å². The lowest BCUT2D eigenvalue weighted by atomic mass is 9.97. The molecule has 114 valence electrons. The summed E-state index contributed by atoms with van der Waals surface area (Å²) in [5.41, 5.74) is 4.30. The molecule has 3 N–H and O–H groups in total. The largest absolute Gasteiger partial charge is 0.506 e. The Morgan fingerprint density at radius 1 is 1.32 bits per heavy atom. The molecule has 0 unspecified atom stereocenters. The predicted octanol–water partition coefficient (Wildman–Crippen LogP) is 3.57. The number of carbonyl (C=O) groups excluding carboxylic acids is 1. The van der Waals surface area contributed by atoms with Crippen molar-refractivity contribution in [2.24, 2.45) is 0 Å². The average molecular weight is 296 g/mol. The fraction of sp³-hybridized carbons (Fsp3) is 0.278. The van der Waals surface area contributed by atoms with Crippen molar-refractivity contribution in [3.05, 3.63) is 53.1 Å². The van der Waals surface area contributed by atoms with Crippen LogP contribution < -0.4 is 10.6 Å². The normalized spacial score (nSPS) is 13.1. The SMILES string of the molecule is CCc1ccc(O)c(NC(=O)c2cccc3c2CCCN3)c1. The number of nitrogens with one attached hydrogen (secondary N) is 2. The van der Waals surface area contributed by atoms with Crippen molar-refractivity contribution < 1.29 is 9.90 Å². The number of phenolic OH excluding ortho intramolecular Hbond substituents is 1.